The molecule has 0 radical (unpaired) electrons. The lowest BCUT2D eigenvalue weighted by molar-refractivity contribution is 0.240. The Morgan fingerprint density at radius 2 is 1.88 bits per heavy atom. The molecule has 2 aromatic carbocycles. The van der Waals surface area contributed by atoms with E-state index >= 15 is 0 Å². The number of aromatic hydroxyl groups is 1. The molecule has 0 spiro atoms. The summed E-state index contributed by atoms with van der Waals surface area (Å²) in [5, 5.41) is 11.9. The van der Waals surface area contributed by atoms with E-state index in [2.05, 4.69) is 0 Å². The fraction of sp³-hybridized carbons (Fsp3) is 0.286. The van der Waals surface area contributed by atoms with E-state index in [9.17, 15) is 5.11 Å². The molecule has 2 aromatic rings. The van der Waals surface area contributed by atoms with Crippen molar-refractivity contribution in [3.05, 3.63) is 35.9 Å². The van der Waals surface area contributed by atoms with Gasteiger partial charge in [0, 0.05) is 10.9 Å². The molecule has 0 bridgehead atoms. The second-order valence-electron chi connectivity index (χ2n) is 4.24. The molecular formula is C14H16O2. The van der Waals surface area contributed by atoms with Crippen molar-refractivity contribution in [2.24, 2.45) is 0 Å². The SMILES string of the molecule is Cc1c(OC(C)C)cc2ccccc2c1O. The Balaban J connectivity index is 2.64. The minimum Gasteiger partial charge on any atom is -0.507 e. The normalized spacial score (nSPS) is 11.0. The molecule has 0 amide bonds. The summed E-state index contributed by atoms with van der Waals surface area (Å²) in [6, 6.07) is 9.74. The second kappa shape index (κ2) is 4.05. The van der Waals surface area contributed by atoms with Gasteiger partial charge in [-0.3, -0.25) is 0 Å². The van der Waals surface area contributed by atoms with Crippen LogP contribution < -0.4 is 4.74 Å². The average Bonchev–Trinajstić information content (AvgIpc) is 2.25. The van der Waals surface area contributed by atoms with Gasteiger partial charge in [-0.05, 0) is 32.2 Å². The molecule has 0 saturated heterocycles. The lowest BCUT2D eigenvalue weighted by Crippen LogP contribution is -2.06. The first-order valence-electron chi connectivity index (χ1n) is 5.47. The average molecular weight is 216 g/mol. The van der Waals surface area contributed by atoms with Crippen molar-refractivity contribution in [1.29, 1.82) is 0 Å². The van der Waals surface area contributed by atoms with Crippen LogP contribution in [0.1, 0.15) is 19.4 Å². The van der Waals surface area contributed by atoms with Crippen LogP contribution in [0.5, 0.6) is 11.5 Å². The van der Waals surface area contributed by atoms with E-state index in [4.69, 9.17) is 4.74 Å². The molecule has 0 unspecified atom stereocenters. The zero-order valence-corrected chi connectivity index (χ0v) is 9.82. The molecule has 16 heavy (non-hydrogen) atoms. The fourth-order valence-corrected chi connectivity index (χ4v) is 1.78. The highest BCUT2D eigenvalue weighted by Gasteiger charge is 2.10. The van der Waals surface area contributed by atoms with E-state index in [1.165, 1.54) is 0 Å². The van der Waals surface area contributed by atoms with Gasteiger partial charge in [0.15, 0.2) is 0 Å². The van der Waals surface area contributed by atoms with Crippen molar-refractivity contribution in [2.75, 3.05) is 0 Å². The van der Waals surface area contributed by atoms with Crippen LogP contribution in [0.3, 0.4) is 0 Å². The molecule has 0 heterocycles. The van der Waals surface area contributed by atoms with E-state index in [-0.39, 0.29) is 6.10 Å². The van der Waals surface area contributed by atoms with Crippen LogP contribution in [0.4, 0.5) is 0 Å². The lowest BCUT2D eigenvalue weighted by Gasteiger charge is -2.15. The maximum atomic E-state index is 10.1. The van der Waals surface area contributed by atoms with E-state index in [1.54, 1.807) is 0 Å². The smallest absolute Gasteiger partial charge is 0.130 e. The largest absolute Gasteiger partial charge is 0.507 e. The molecule has 1 N–H and O–H groups in total. The van der Waals surface area contributed by atoms with Crippen LogP contribution in [0.25, 0.3) is 10.8 Å². The van der Waals surface area contributed by atoms with Gasteiger partial charge in [-0.25, -0.2) is 0 Å². The molecule has 0 aromatic heterocycles. The van der Waals surface area contributed by atoms with Crippen LogP contribution in [0.2, 0.25) is 0 Å². The highest BCUT2D eigenvalue weighted by molar-refractivity contribution is 5.91. The third kappa shape index (κ3) is 1.83. The van der Waals surface area contributed by atoms with E-state index in [0.29, 0.717) is 5.75 Å². The summed E-state index contributed by atoms with van der Waals surface area (Å²) in [4.78, 5) is 0. The molecule has 0 aliphatic heterocycles. The molecular weight excluding hydrogens is 200 g/mol. The van der Waals surface area contributed by atoms with Gasteiger partial charge in [0.05, 0.1) is 6.10 Å². The van der Waals surface area contributed by atoms with Crippen molar-refractivity contribution < 1.29 is 9.84 Å². The van der Waals surface area contributed by atoms with Gasteiger partial charge in [0.1, 0.15) is 11.5 Å². The maximum Gasteiger partial charge on any atom is 0.130 e. The first kappa shape index (κ1) is 10.8. The summed E-state index contributed by atoms with van der Waals surface area (Å²) in [6.45, 7) is 5.83. The Morgan fingerprint density at radius 3 is 2.56 bits per heavy atom. The van der Waals surface area contributed by atoms with Gasteiger partial charge in [0.2, 0.25) is 0 Å². The molecule has 0 aliphatic rings. The second-order valence-corrected chi connectivity index (χ2v) is 4.24. The van der Waals surface area contributed by atoms with Crippen LogP contribution in [0.15, 0.2) is 30.3 Å². The Labute approximate surface area is 95.5 Å². The third-order valence-electron chi connectivity index (χ3n) is 2.59. The molecule has 2 rings (SSSR count). The van der Waals surface area contributed by atoms with E-state index in [0.717, 1.165) is 22.1 Å². The maximum absolute atomic E-state index is 10.1. The molecule has 0 saturated carbocycles. The molecule has 84 valence electrons. The molecule has 2 heteroatoms. The van der Waals surface area contributed by atoms with Crippen LogP contribution in [-0.2, 0) is 0 Å². The Kier molecular flexibility index (Phi) is 2.73. The standard InChI is InChI=1S/C14H16O2/c1-9(2)16-13-8-11-6-4-5-7-12(11)14(15)10(13)3/h4-9,15H,1-3H3. The van der Waals surface area contributed by atoms with Gasteiger partial charge in [-0.2, -0.15) is 0 Å². The predicted molar refractivity (Wildman–Crippen MR) is 66.1 cm³/mol. The summed E-state index contributed by atoms with van der Waals surface area (Å²) in [5.74, 6) is 1.07. The highest BCUT2D eigenvalue weighted by atomic mass is 16.5. The van der Waals surface area contributed by atoms with Crippen molar-refractivity contribution in [3.8, 4) is 11.5 Å². The van der Waals surface area contributed by atoms with E-state index < -0.39 is 0 Å². The molecule has 0 aliphatic carbocycles. The van der Waals surface area contributed by atoms with Crippen LogP contribution in [0, 0.1) is 6.92 Å². The quantitative estimate of drug-likeness (QED) is 0.830. The van der Waals surface area contributed by atoms with Gasteiger partial charge in [0.25, 0.3) is 0 Å². The number of fused-ring (bicyclic) bond motifs is 1. The summed E-state index contributed by atoms with van der Waals surface area (Å²) >= 11 is 0. The zero-order valence-electron chi connectivity index (χ0n) is 9.82. The Morgan fingerprint density at radius 1 is 1.19 bits per heavy atom. The van der Waals surface area contributed by atoms with Crippen molar-refractivity contribution in [2.45, 2.75) is 26.9 Å². The lowest BCUT2D eigenvalue weighted by atomic mass is 10.1. The number of hydrogen-bond donors (Lipinski definition) is 1. The minimum absolute atomic E-state index is 0.110. The Hall–Kier alpha value is -1.70. The summed E-state index contributed by atoms with van der Waals surface area (Å²) in [7, 11) is 0. The molecule has 2 nitrogen and oxygen atoms in total. The number of phenols is 1. The van der Waals surface area contributed by atoms with Crippen molar-refractivity contribution in [1.82, 2.24) is 0 Å². The zero-order chi connectivity index (χ0) is 11.7. The predicted octanol–water partition coefficient (Wildman–Crippen LogP) is 3.64. The monoisotopic (exact) mass is 216 g/mol. The van der Waals surface area contributed by atoms with Gasteiger partial charge < -0.3 is 9.84 Å². The summed E-state index contributed by atoms with van der Waals surface area (Å²) in [5.41, 5.74) is 0.799. The van der Waals surface area contributed by atoms with Crippen molar-refractivity contribution >= 4 is 10.8 Å². The Bertz CT molecular complexity index is 515. The van der Waals surface area contributed by atoms with Crippen molar-refractivity contribution in [3.63, 3.8) is 0 Å². The number of ether oxygens (including phenoxy) is 1. The summed E-state index contributed by atoms with van der Waals surface area (Å²) in [6.07, 6.45) is 0.110. The third-order valence-corrected chi connectivity index (χ3v) is 2.59. The topological polar surface area (TPSA) is 29.5 Å². The van der Waals surface area contributed by atoms with E-state index in [1.807, 2.05) is 51.1 Å². The number of hydrogen-bond acceptors (Lipinski definition) is 2. The number of rotatable bonds is 2. The fourth-order valence-electron chi connectivity index (χ4n) is 1.78. The van der Waals surface area contributed by atoms with Gasteiger partial charge >= 0.3 is 0 Å². The van der Waals surface area contributed by atoms with Gasteiger partial charge in [-0.15, -0.1) is 0 Å². The van der Waals surface area contributed by atoms with Crippen LogP contribution >= 0.6 is 0 Å². The first-order chi connectivity index (χ1) is 7.59. The number of phenolic OH excluding ortho intramolecular Hbond substituents is 1. The number of benzene rings is 2. The molecule has 0 atom stereocenters. The highest BCUT2D eigenvalue weighted by Crippen LogP contribution is 2.35. The summed E-state index contributed by atoms with van der Waals surface area (Å²) < 4.78 is 5.67. The van der Waals surface area contributed by atoms with Gasteiger partial charge in [-0.1, -0.05) is 24.3 Å². The molecule has 0 fully saturated rings. The first-order valence-corrected chi connectivity index (χ1v) is 5.47. The van der Waals surface area contributed by atoms with Crippen LogP contribution in [-0.4, -0.2) is 11.2 Å². The minimum atomic E-state index is 0.110.